The summed E-state index contributed by atoms with van der Waals surface area (Å²) in [5.41, 5.74) is 0.287. The molecule has 2 aromatic rings. The number of aryl methyl sites for hydroxylation is 1. The first kappa shape index (κ1) is 15.2. The molecule has 0 aliphatic carbocycles. The first-order chi connectivity index (χ1) is 9.29. The van der Waals surface area contributed by atoms with Gasteiger partial charge in [-0.05, 0) is 36.8 Å². The van der Waals surface area contributed by atoms with E-state index in [1.807, 2.05) is 0 Å². The molecule has 1 atom stereocenters. The third-order valence-electron chi connectivity index (χ3n) is 2.91. The normalized spacial score (nSPS) is 13.8. The van der Waals surface area contributed by atoms with Gasteiger partial charge in [0.2, 0.25) is 0 Å². The van der Waals surface area contributed by atoms with E-state index in [0.717, 1.165) is 12.1 Å². The minimum atomic E-state index is -4.37. The maximum atomic E-state index is 12.6. The van der Waals surface area contributed by atoms with Crippen LogP contribution >= 0.6 is 12.2 Å². The van der Waals surface area contributed by atoms with Crippen LogP contribution < -0.4 is 0 Å². The van der Waals surface area contributed by atoms with Crippen LogP contribution in [0.1, 0.15) is 12.0 Å². The van der Waals surface area contributed by atoms with Crippen LogP contribution in [0.15, 0.2) is 18.2 Å². The van der Waals surface area contributed by atoms with E-state index in [1.54, 1.807) is 10.8 Å². The number of alkyl halides is 3. The van der Waals surface area contributed by atoms with Crippen LogP contribution in [0.3, 0.4) is 0 Å². The maximum absolute atomic E-state index is 12.6. The number of nitrogens with one attached hydrogen (secondary N) is 1. The molecule has 0 spiro atoms. The number of hydrogen-bond acceptors (Lipinski definition) is 2. The lowest BCUT2D eigenvalue weighted by molar-refractivity contribution is -0.137. The van der Waals surface area contributed by atoms with Gasteiger partial charge in [-0.1, -0.05) is 0 Å². The van der Waals surface area contributed by atoms with E-state index in [9.17, 15) is 17.4 Å². The van der Waals surface area contributed by atoms with Crippen molar-refractivity contribution in [1.29, 1.82) is 0 Å². The molecule has 0 saturated carbocycles. The van der Waals surface area contributed by atoms with Crippen molar-refractivity contribution in [3.8, 4) is 0 Å². The highest BCUT2D eigenvalue weighted by Crippen LogP contribution is 2.31. The van der Waals surface area contributed by atoms with Gasteiger partial charge in [-0.15, -0.1) is 0 Å². The standard InChI is InChI=1S/C12H13F3N2OS2/c1-20(18)6-2-5-17-10-4-3-8(12(13,14)15)7-9(10)16-11(17)19/h3-4,7H,2,5-6H2,1H3,(H,16,19). The smallest absolute Gasteiger partial charge is 0.331 e. The molecule has 1 N–H and O–H groups in total. The Morgan fingerprint density at radius 3 is 2.70 bits per heavy atom. The third kappa shape index (κ3) is 3.29. The quantitative estimate of drug-likeness (QED) is 0.875. The Morgan fingerprint density at radius 1 is 1.40 bits per heavy atom. The van der Waals surface area contributed by atoms with Crippen LogP contribution in [0.25, 0.3) is 11.0 Å². The molecule has 0 aliphatic heterocycles. The van der Waals surface area contributed by atoms with Crippen molar-refractivity contribution in [3.63, 3.8) is 0 Å². The predicted molar refractivity (Wildman–Crippen MR) is 75.7 cm³/mol. The number of halogens is 3. The van der Waals surface area contributed by atoms with E-state index in [1.165, 1.54) is 6.07 Å². The van der Waals surface area contributed by atoms with E-state index in [4.69, 9.17) is 12.2 Å². The zero-order valence-corrected chi connectivity index (χ0v) is 12.3. The highest BCUT2D eigenvalue weighted by molar-refractivity contribution is 7.84. The van der Waals surface area contributed by atoms with E-state index in [2.05, 4.69) is 4.98 Å². The van der Waals surface area contributed by atoms with E-state index >= 15 is 0 Å². The van der Waals surface area contributed by atoms with E-state index in [-0.39, 0.29) is 0 Å². The predicted octanol–water partition coefficient (Wildman–Crippen LogP) is 3.49. The molecule has 1 aromatic heterocycles. The average molecular weight is 322 g/mol. The Morgan fingerprint density at radius 2 is 2.10 bits per heavy atom. The molecule has 1 heterocycles. The van der Waals surface area contributed by atoms with E-state index < -0.39 is 22.5 Å². The van der Waals surface area contributed by atoms with Gasteiger partial charge in [0.25, 0.3) is 0 Å². The molecule has 110 valence electrons. The lowest BCUT2D eigenvalue weighted by atomic mass is 10.2. The number of rotatable bonds is 4. The number of aromatic nitrogens is 2. The van der Waals surface area contributed by atoms with Gasteiger partial charge in [0.05, 0.1) is 16.6 Å². The number of benzene rings is 1. The molecule has 0 amide bonds. The summed E-state index contributed by atoms with van der Waals surface area (Å²) in [7, 11) is -0.889. The summed E-state index contributed by atoms with van der Waals surface area (Å²) in [5.74, 6) is 0.537. The highest BCUT2D eigenvalue weighted by atomic mass is 32.2. The zero-order valence-electron chi connectivity index (χ0n) is 10.7. The molecule has 0 saturated heterocycles. The van der Waals surface area contributed by atoms with Crippen molar-refractivity contribution in [1.82, 2.24) is 9.55 Å². The number of aromatic amines is 1. The SMILES string of the molecule is CS(=O)CCCn1c(=S)[nH]c2cc(C(F)(F)F)ccc21. The number of H-pyrrole nitrogens is 1. The van der Waals surface area contributed by atoms with Crippen LogP contribution in [-0.4, -0.2) is 25.8 Å². The molecular formula is C12H13F3N2OS2. The zero-order chi connectivity index (χ0) is 14.9. The Balaban J connectivity index is 2.35. The van der Waals surface area contributed by atoms with Crippen molar-refractivity contribution in [2.75, 3.05) is 12.0 Å². The number of imidazole rings is 1. The largest absolute Gasteiger partial charge is 0.416 e. The Hall–Kier alpha value is -1.15. The Kier molecular flexibility index (Phi) is 4.33. The topological polar surface area (TPSA) is 37.8 Å². The second-order valence-electron chi connectivity index (χ2n) is 4.44. The van der Waals surface area contributed by atoms with Crippen molar-refractivity contribution >= 4 is 34.1 Å². The number of nitrogens with zero attached hydrogens (tertiary/aromatic N) is 1. The van der Waals surface area contributed by atoms with Gasteiger partial charge in [0.1, 0.15) is 0 Å². The van der Waals surface area contributed by atoms with Crippen LogP contribution in [0.2, 0.25) is 0 Å². The lowest BCUT2D eigenvalue weighted by Gasteiger charge is -2.07. The van der Waals surface area contributed by atoms with Gasteiger partial charge in [0, 0.05) is 29.4 Å². The monoisotopic (exact) mass is 322 g/mol. The fourth-order valence-electron chi connectivity index (χ4n) is 1.99. The van der Waals surface area contributed by atoms with Gasteiger partial charge in [-0.25, -0.2) is 0 Å². The van der Waals surface area contributed by atoms with Gasteiger partial charge in [-0.3, -0.25) is 4.21 Å². The molecule has 0 radical (unpaired) electrons. The third-order valence-corrected chi connectivity index (χ3v) is 4.10. The summed E-state index contributed by atoms with van der Waals surface area (Å²) in [6, 6.07) is 3.51. The van der Waals surface area contributed by atoms with Crippen LogP contribution in [0, 0.1) is 4.77 Å². The molecule has 8 heteroatoms. The minimum Gasteiger partial charge on any atom is -0.331 e. The molecule has 0 aliphatic rings. The van der Waals surface area contributed by atoms with Crippen molar-refractivity contribution in [2.45, 2.75) is 19.1 Å². The van der Waals surface area contributed by atoms with Gasteiger partial charge in [-0.2, -0.15) is 13.2 Å². The molecule has 1 unspecified atom stereocenters. The second kappa shape index (κ2) is 5.69. The average Bonchev–Trinajstić information content (AvgIpc) is 2.63. The van der Waals surface area contributed by atoms with Gasteiger partial charge < -0.3 is 9.55 Å². The molecule has 1 aromatic carbocycles. The van der Waals surface area contributed by atoms with E-state index in [0.29, 0.717) is 34.5 Å². The summed E-state index contributed by atoms with van der Waals surface area (Å²) < 4.78 is 51.0. The molecule has 0 bridgehead atoms. The number of fused-ring (bicyclic) bond motifs is 1. The molecular weight excluding hydrogens is 309 g/mol. The Bertz CT molecular complexity index is 703. The number of hydrogen-bond donors (Lipinski definition) is 1. The molecule has 3 nitrogen and oxygen atoms in total. The van der Waals surface area contributed by atoms with Gasteiger partial charge >= 0.3 is 6.18 Å². The summed E-state index contributed by atoms with van der Waals surface area (Å²) in [4.78, 5) is 2.78. The summed E-state index contributed by atoms with van der Waals surface area (Å²) in [6.45, 7) is 0.532. The summed E-state index contributed by atoms with van der Waals surface area (Å²) in [5, 5.41) is 0. The van der Waals surface area contributed by atoms with Crippen molar-refractivity contribution < 1.29 is 17.4 Å². The van der Waals surface area contributed by atoms with Crippen LogP contribution in [0.4, 0.5) is 13.2 Å². The fraction of sp³-hybridized carbons (Fsp3) is 0.417. The van der Waals surface area contributed by atoms with Crippen LogP contribution in [-0.2, 0) is 23.5 Å². The van der Waals surface area contributed by atoms with Crippen molar-refractivity contribution in [3.05, 3.63) is 28.5 Å². The summed E-state index contributed by atoms with van der Waals surface area (Å²) >= 11 is 5.12. The first-order valence-corrected chi connectivity index (χ1v) is 8.02. The molecule has 0 fully saturated rings. The fourth-order valence-corrected chi connectivity index (χ4v) is 2.82. The molecule has 20 heavy (non-hydrogen) atoms. The second-order valence-corrected chi connectivity index (χ2v) is 6.38. The highest BCUT2D eigenvalue weighted by Gasteiger charge is 2.30. The first-order valence-electron chi connectivity index (χ1n) is 5.89. The molecule has 2 rings (SSSR count). The Labute approximate surface area is 121 Å². The van der Waals surface area contributed by atoms with Crippen molar-refractivity contribution in [2.24, 2.45) is 0 Å². The lowest BCUT2D eigenvalue weighted by Crippen LogP contribution is -2.05. The van der Waals surface area contributed by atoms with Gasteiger partial charge in [0.15, 0.2) is 4.77 Å². The maximum Gasteiger partial charge on any atom is 0.416 e. The summed E-state index contributed by atoms with van der Waals surface area (Å²) in [6.07, 6.45) is -2.10. The van der Waals surface area contributed by atoms with Crippen LogP contribution in [0.5, 0.6) is 0 Å². The minimum absolute atomic E-state index is 0.363.